The highest BCUT2D eigenvalue weighted by Crippen LogP contribution is 2.24. The molecular formula is C12H18BrN3. The normalized spacial score (nSPS) is 21.2. The Morgan fingerprint density at radius 3 is 3.06 bits per heavy atom. The van der Waals surface area contributed by atoms with Gasteiger partial charge in [0.1, 0.15) is 0 Å². The van der Waals surface area contributed by atoms with E-state index in [0.717, 1.165) is 19.6 Å². The number of halogens is 1. The standard InChI is InChI=1S/C12H18BrN3/c1-9-2-3-11(6-12(9)13)16-5-4-15-10(7-14)8-16/h2-3,6,10,15H,4-5,7-8,14H2,1H3. The molecule has 0 radical (unpaired) electrons. The highest BCUT2D eigenvalue weighted by molar-refractivity contribution is 9.10. The summed E-state index contributed by atoms with van der Waals surface area (Å²) in [6.45, 7) is 5.85. The van der Waals surface area contributed by atoms with Crippen molar-refractivity contribution in [3.63, 3.8) is 0 Å². The lowest BCUT2D eigenvalue weighted by molar-refractivity contribution is 0.463. The summed E-state index contributed by atoms with van der Waals surface area (Å²) < 4.78 is 1.17. The van der Waals surface area contributed by atoms with Crippen LogP contribution in [0, 0.1) is 6.92 Å². The maximum atomic E-state index is 5.70. The van der Waals surface area contributed by atoms with Gasteiger partial charge in [0, 0.05) is 42.4 Å². The van der Waals surface area contributed by atoms with Crippen molar-refractivity contribution in [1.82, 2.24) is 5.32 Å². The summed E-state index contributed by atoms with van der Waals surface area (Å²) in [7, 11) is 0. The number of nitrogens with two attached hydrogens (primary N) is 1. The molecule has 16 heavy (non-hydrogen) atoms. The number of rotatable bonds is 2. The monoisotopic (exact) mass is 283 g/mol. The first-order valence-corrected chi connectivity index (χ1v) is 6.44. The first-order valence-electron chi connectivity index (χ1n) is 5.65. The molecule has 4 heteroatoms. The van der Waals surface area contributed by atoms with Crippen LogP contribution in [-0.4, -0.2) is 32.2 Å². The third kappa shape index (κ3) is 2.56. The van der Waals surface area contributed by atoms with Gasteiger partial charge in [0.25, 0.3) is 0 Å². The van der Waals surface area contributed by atoms with Crippen LogP contribution in [0.15, 0.2) is 22.7 Å². The Morgan fingerprint density at radius 1 is 1.56 bits per heavy atom. The molecule has 1 aliphatic heterocycles. The molecule has 1 aliphatic rings. The summed E-state index contributed by atoms with van der Waals surface area (Å²) in [4.78, 5) is 2.39. The van der Waals surface area contributed by atoms with Crippen LogP contribution < -0.4 is 16.0 Å². The van der Waals surface area contributed by atoms with Crippen molar-refractivity contribution in [2.75, 3.05) is 31.1 Å². The Bertz CT molecular complexity index is 367. The van der Waals surface area contributed by atoms with Gasteiger partial charge in [-0.05, 0) is 24.6 Å². The third-order valence-corrected chi connectivity index (χ3v) is 3.91. The Morgan fingerprint density at radius 2 is 2.38 bits per heavy atom. The van der Waals surface area contributed by atoms with E-state index in [9.17, 15) is 0 Å². The second kappa shape index (κ2) is 5.17. The van der Waals surface area contributed by atoms with Gasteiger partial charge in [0.2, 0.25) is 0 Å². The van der Waals surface area contributed by atoms with E-state index in [-0.39, 0.29) is 0 Å². The second-order valence-corrected chi connectivity index (χ2v) is 5.12. The minimum Gasteiger partial charge on any atom is -0.369 e. The average molecular weight is 284 g/mol. The number of anilines is 1. The fraction of sp³-hybridized carbons (Fsp3) is 0.500. The van der Waals surface area contributed by atoms with Crippen LogP contribution in [0.4, 0.5) is 5.69 Å². The summed E-state index contributed by atoms with van der Waals surface area (Å²) in [5.41, 5.74) is 8.25. The summed E-state index contributed by atoms with van der Waals surface area (Å²) in [6, 6.07) is 6.93. The Hall–Kier alpha value is -0.580. The average Bonchev–Trinajstić information content (AvgIpc) is 2.33. The lowest BCUT2D eigenvalue weighted by Gasteiger charge is -2.35. The zero-order valence-corrected chi connectivity index (χ0v) is 11.1. The summed E-state index contributed by atoms with van der Waals surface area (Å²) in [6.07, 6.45) is 0. The van der Waals surface area contributed by atoms with E-state index in [1.807, 2.05) is 0 Å². The molecule has 0 amide bonds. The van der Waals surface area contributed by atoms with Crippen LogP contribution in [0.2, 0.25) is 0 Å². The number of piperazine rings is 1. The van der Waals surface area contributed by atoms with Gasteiger partial charge >= 0.3 is 0 Å². The lowest BCUT2D eigenvalue weighted by atomic mass is 10.1. The maximum Gasteiger partial charge on any atom is 0.0378 e. The van der Waals surface area contributed by atoms with Gasteiger partial charge in [-0.3, -0.25) is 0 Å². The molecule has 1 aromatic carbocycles. The highest BCUT2D eigenvalue weighted by atomic mass is 79.9. The summed E-state index contributed by atoms with van der Waals surface area (Å²) in [5.74, 6) is 0. The predicted octanol–water partition coefficient (Wildman–Crippen LogP) is 1.49. The molecule has 0 bridgehead atoms. The Kier molecular flexibility index (Phi) is 3.84. The molecule has 0 spiro atoms. The maximum absolute atomic E-state index is 5.70. The van der Waals surface area contributed by atoms with Gasteiger partial charge in [-0.25, -0.2) is 0 Å². The zero-order chi connectivity index (χ0) is 11.5. The fourth-order valence-corrected chi connectivity index (χ4v) is 2.36. The van der Waals surface area contributed by atoms with Crippen LogP contribution in [0.25, 0.3) is 0 Å². The van der Waals surface area contributed by atoms with Gasteiger partial charge in [-0.15, -0.1) is 0 Å². The lowest BCUT2D eigenvalue weighted by Crippen LogP contribution is -2.53. The van der Waals surface area contributed by atoms with E-state index >= 15 is 0 Å². The number of nitrogens with one attached hydrogen (secondary N) is 1. The van der Waals surface area contributed by atoms with Crippen LogP contribution in [0.3, 0.4) is 0 Å². The van der Waals surface area contributed by atoms with Crippen molar-refractivity contribution in [2.45, 2.75) is 13.0 Å². The zero-order valence-electron chi connectivity index (χ0n) is 9.54. The van der Waals surface area contributed by atoms with E-state index < -0.39 is 0 Å². The first-order chi connectivity index (χ1) is 7.70. The summed E-state index contributed by atoms with van der Waals surface area (Å²) in [5, 5.41) is 3.42. The van der Waals surface area contributed by atoms with E-state index in [4.69, 9.17) is 5.73 Å². The first kappa shape index (κ1) is 11.9. The number of nitrogens with zero attached hydrogens (tertiary/aromatic N) is 1. The van der Waals surface area contributed by atoms with Crippen molar-refractivity contribution < 1.29 is 0 Å². The van der Waals surface area contributed by atoms with Crippen LogP contribution in [0.1, 0.15) is 5.56 Å². The number of benzene rings is 1. The van der Waals surface area contributed by atoms with Gasteiger partial charge in [0.05, 0.1) is 0 Å². The van der Waals surface area contributed by atoms with Crippen molar-refractivity contribution in [2.24, 2.45) is 5.73 Å². The van der Waals surface area contributed by atoms with E-state index in [1.165, 1.54) is 15.7 Å². The minimum atomic E-state index is 0.411. The number of hydrogen-bond acceptors (Lipinski definition) is 3. The molecule has 3 nitrogen and oxygen atoms in total. The van der Waals surface area contributed by atoms with Gasteiger partial charge < -0.3 is 16.0 Å². The van der Waals surface area contributed by atoms with Crippen molar-refractivity contribution in [3.8, 4) is 0 Å². The highest BCUT2D eigenvalue weighted by Gasteiger charge is 2.18. The molecule has 1 unspecified atom stereocenters. The SMILES string of the molecule is Cc1ccc(N2CCNC(CN)C2)cc1Br. The van der Waals surface area contributed by atoms with Crippen LogP contribution >= 0.6 is 15.9 Å². The van der Waals surface area contributed by atoms with Crippen LogP contribution in [-0.2, 0) is 0 Å². The predicted molar refractivity (Wildman–Crippen MR) is 71.9 cm³/mol. The molecule has 3 N–H and O–H groups in total. The molecule has 1 heterocycles. The molecule has 0 saturated carbocycles. The number of aryl methyl sites for hydroxylation is 1. The second-order valence-electron chi connectivity index (χ2n) is 4.27. The van der Waals surface area contributed by atoms with E-state index in [1.54, 1.807) is 0 Å². The van der Waals surface area contributed by atoms with Crippen molar-refractivity contribution >= 4 is 21.6 Å². The molecule has 1 aromatic rings. The smallest absolute Gasteiger partial charge is 0.0378 e. The molecular weight excluding hydrogens is 266 g/mol. The fourth-order valence-electron chi connectivity index (χ4n) is 2.00. The molecule has 1 atom stereocenters. The van der Waals surface area contributed by atoms with Crippen molar-refractivity contribution in [1.29, 1.82) is 0 Å². The van der Waals surface area contributed by atoms with Gasteiger partial charge in [0.15, 0.2) is 0 Å². The molecule has 1 fully saturated rings. The molecule has 1 saturated heterocycles. The Labute approximate surface area is 105 Å². The molecule has 88 valence electrons. The molecule has 0 aliphatic carbocycles. The van der Waals surface area contributed by atoms with E-state index in [0.29, 0.717) is 12.6 Å². The molecule has 0 aromatic heterocycles. The van der Waals surface area contributed by atoms with Gasteiger partial charge in [-0.1, -0.05) is 22.0 Å². The Balaban J connectivity index is 2.13. The third-order valence-electron chi connectivity index (χ3n) is 3.06. The van der Waals surface area contributed by atoms with Gasteiger partial charge in [-0.2, -0.15) is 0 Å². The quantitative estimate of drug-likeness (QED) is 0.864. The largest absolute Gasteiger partial charge is 0.369 e. The molecule has 2 rings (SSSR count). The van der Waals surface area contributed by atoms with E-state index in [2.05, 4.69) is 51.3 Å². The topological polar surface area (TPSA) is 41.3 Å². The van der Waals surface area contributed by atoms with Crippen molar-refractivity contribution in [3.05, 3.63) is 28.2 Å². The summed E-state index contributed by atoms with van der Waals surface area (Å²) >= 11 is 3.58. The number of hydrogen-bond donors (Lipinski definition) is 2. The van der Waals surface area contributed by atoms with Crippen LogP contribution in [0.5, 0.6) is 0 Å². The minimum absolute atomic E-state index is 0.411.